The van der Waals surface area contributed by atoms with Gasteiger partial charge in [0.15, 0.2) is 0 Å². The number of carboxylic acid groups (broad SMARTS) is 1. The molecule has 0 radical (unpaired) electrons. The molecule has 1 aromatic heterocycles. The van der Waals surface area contributed by atoms with Crippen LogP contribution in [0.3, 0.4) is 0 Å². The average Bonchev–Trinajstić information content (AvgIpc) is 3.17. The molecule has 1 atom stereocenters. The number of aryl methyl sites for hydroxylation is 1. The van der Waals surface area contributed by atoms with Gasteiger partial charge in [-0.05, 0) is 25.5 Å². The van der Waals surface area contributed by atoms with Crippen LogP contribution in [0, 0.1) is 6.92 Å². The first-order valence-corrected chi connectivity index (χ1v) is 8.32. The summed E-state index contributed by atoms with van der Waals surface area (Å²) >= 11 is 0. The predicted octanol–water partition coefficient (Wildman–Crippen LogP) is 2.09. The molecule has 1 aliphatic heterocycles. The zero-order valence-corrected chi connectivity index (χ0v) is 14.6. The molecule has 0 bridgehead atoms. The molecule has 2 heterocycles. The van der Waals surface area contributed by atoms with Crippen molar-refractivity contribution in [3.05, 3.63) is 53.5 Å². The van der Waals surface area contributed by atoms with Gasteiger partial charge in [0.2, 0.25) is 5.91 Å². The van der Waals surface area contributed by atoms with E-state index in [0.717, 1.165) is 5.69 Å². The number of nitrogens with zero attached hydrogens (tertiary/aromatic N) is 2. The van der Waals surface area contributed by atoms with Gasteiger partial charge in [0.1, 0.15) is 18.2 Å². The van der Waals surface area contributed by atoms with E-state index in [1.54, 1.807) is 18.9 Å². The van der Waals surface area contributed by atoms with E-state index in [1.165, 1.54) is 11.2 Å². The summed E-state index contributed by atoms with van der Waals surface area (Å²) in [6.07, 6.45) is 1.50. The zero-order valence-electron chi connectivity index (χ0n) is 14.6. The van der Waals surface area contributed by atoms with Crippen molar-refractivity contribution in [2.75, 3.05) is 18.5 Å². The van der Waals surface area contributed by atoms with Crippen LogP contribution in [-0.2, 0) is 16.0 Å². The fourth-order valence-corrected chi connectivity index (χ4v) is 3.26. The van der Waals surface area contributed by atoms with Gasteiger partial charge in [0.25, 0.3) is 5.91 Å². The van der Waals surface area contributed by atoms with Gasteiger partial charge in [-0.25, -0.2) is 0 Å². The molecule has 1 aromatic carbocycles. The zero-order chi connectivity index (χ0) is 18.8. The summed E-state index contributed by atoms with van der Waals surface area (Å²) in [5.41, 5.74) is 1.58. The number of benzene rings is 1. The van der Waals surface area contributed by atoms with Crippen LogP contribution in [0.2, 0.25) is 0 Å². The molecule has 2 amide bonds. The highest BCUT2D eigenvalue weighted by Crippen LogP contribution is 2.26. The van der Waals surface area contributed by atoms with Crippen LogP contribution < -0.4 is 4.90 Å². The number of aliphatic carboxylic acids is 1. The Hall–Kier alpha value is -3.09. The third-order valence-corrected chi connectivity index (χ3v) is 4.61. The maximum absolute atomic E-state index is 12.9. The third-order valence-electron chi connectivity index (χ3n) is 4.61. The van der Waals surface area contributed by atoms with E-state index in [1.807, 2.05) is 30.3 Å². The molecule has 7 heteroatoms. The van der Waals surface area contributed by atoms with Crippen LogP contribution in [-0.4, -0.2) is 47.4 Å². The summed E-state index contributed by atoms with van der Waals surface area (Å²) in [6, 6.07) is 8.72. The number of rotatable bonds is 5. The second-order valence-corrected chi connectivity index (χ2v) is 6.33. The molecule has 136 valence electrons. The number of carbonyl (C=O) groups excluding carboxylic acids is 2. The van der Waals surface area contributed by atoms with Gasteiger partial charge in [-0.1, -0.05) is 18.2 Å². The quantitative estimate of drug-likeness (QED) is 0.886. The van der Waals surface area contributed by atoms with Crippen molar-refractivity contribution in [1.82, 2.24) is 4.90 Å². The van der Waals surface area contributed by atoms with Crippen LogP contribution in [0.5, 0.6) is 0 Å². The summed E-state index contributed by atoms with van der Waals surface area (Å²) in [7, 11) is 1.57. The van der Waals surface area contributed by atoms with Gasteiger partial charge in [-0.15, -0.1) is 0 Å². The first kappa shape index (κ1) is 17.7. The normalized spacial score (nSPS) is 16.8. The van der Waals surface area contributed by atoms with Gasteiger partial charge in [0.05, 0.1) is 11.8 Å². The lowest BCUT2D eigenvalue weighted by atomic mass is 10.1. The lowest BCUT2D eigenvalue weighted by Crippen LogP contribution is -2.43. The van der Waals surface area contributed by atoms with Gasteiger partial charge >= 0.3 is 5.97 Å². The molecular weight excluding hydrogens is 336 g/mol. The van der Waals surface area contributed by atoms with Crippen molar-refractivity contribution in [3.8, 4) is 0 Å². The van der Waals surface area contributed by atoms with Crippen LogP contribution in [0.25, 0.3) is 0 Å². The third kappa shape index (κ3) is 3.20. The Balaban J connectivity index is 1.81. The van der Waals surface area contributed by atoms with Crippen molar-refractivity contribution in [3.63, 3.8) is 0 Å². The molecule has 1 N–H and O–H groups in total. The highest BCUT2D eigenvalue weighted by Gasteiger charge is 2.38. The Morgan fingerprint density at radius 2 is 2.00 bits per heavy atom. The minimum Gasteiger partial charge on any atom is -0.481 e. The van der Waals surface area contributed by atoms with Gasteiger partial charge < -0.3 is 19.3 Å². The van der Waals surface area contributed by atoms with Crippen LogP contribution in [0.15, 0.2) is 41.0 Å². The van der Waals surface area contributed by atoms with Crippen molar-refractivity contribution in [2.24, 2.45) is 0 Å². The maximum atomic E-state index is 12.9. The summed E-state index contributed by atoms with van der Waals surface area (Å²) < 4.78 is 5.23. The molecule has 1 saturated heterocycles. The topological polar surface area (TPSA) is 91.1 Å². The first-order chi connectivity index (χ1) is 12.4. The lowest BCUT2D eigenvalue weighted by molar-refractivity contribution is -0.136. The van der Waals surface area contributed by atoms with Crippen LogP contribution >= 0.6 is 0 Å². The van der Waals surface area contributed by atoms with E-state index < -0.39 is 17.9 Å². The van der Waals surface area contributed by atoms with Crippen molar-refractivity contribution in [1.29, 1.82) is 0 Å². The SMILES string of the molecule is Cc1coc(CC(=O)O)c1C(=O)N(C)C1CCN(c2ccccc2)C1=O. The Kier molecular flexibility index (Phi) is 4.79. The van der Waals surface area contributed by atoms with Gasteiger partial charge in [-0.2, -0.15) is 0 Å². The minimum absolute atomic E-state index is 0.109. The number of anilines is 1. The largest absolute Gasteiger partial charge is 0.481 e. The second-order valence-electron chi connectivity index (χ2n) is 6.33. The molecule has 1 fully saturated rings. The van der Waals surface area contributed by atoms with Crippen molar-refractivity contribution in [2.45, 2.75) is 25.8 Å². The van der Waals surface area contributed by atoms with Gasteiger partial charge in [-0.3, -0.25) is 14.4 Å². The van der Waals surface area contributed by atoms with Crippen LogP contribution in [0.1, 0.15) is 28.1 Å². The average molecular weight is 356 g/mol. The van der Waals surface area contributed by atoms with E-state index in [4.69, 9.17) is 9.52 Å². The number of carbonyl (C=O) groups is 3. The Morgan fingerprint density at radius 3 is 2.65 bits per heavy atom. The fraction of sp³-hybridized carbons (Fsp3) is 0.316. The molecular formula is C19H20N2O5. The van der Waals surface area contributed by atoms with E-state index in [2.05, 4.69) is 0 Å². The first-order valence-electron chi connectivity index (χ1n) is 8.32. The number of furan rings is 1. The summed E-state index contributed by atoms with van der Waals surface area (Å²) in [4.78, 5) is 39.7. The van der Waals surface area contributed by atoms with Gasteiger partial charge in [0, 0.05) is 24.8 Å². The number of amides is 2. The highest BCUT2D eigenvalue weighted by molar-refractivity contribution is 6.04. The minimum atomic E-state index is -1.08. The lowest BCUT2D eigenvalue weighted by Gasteiger charge is -2.24. The highest BCUT2D eigenvalue weighted by atomic mass is 16.4. The maximum Gasteiger partial charge on any atom is 0.311 e. The molecule has 7 nitrogen and oxygen atoms in total. The Labute approximate surface area is 150 Å². The van der Waals surface area contributed by atoms with Crippen LogP contribution in [0.4, 0.5) is 5.69 Å². The number of para-hydroxylation sites is 1. The molecule has 1 aliphatic rings. The Morgan fingerprint density at radius 1 is 1.31 bits per heavy atom. The summed E-state index contributed by atoms with van der Waals surface area (Å²) in [5.74, 6) is -1.52. The van der Waals surface area contributed by atoms with E-state index in [0.29, 0.717) is 18.5 Å². The smallest absolute Gasteiger partial charge is 0.311 e. The number of likely N-dealkylation sites (N-methyl/N-ethyl adjacent to an activating group) is 1. The van der Waals surface area contributed by atoms with Crippen molar-refractivity contribution < 1.29 is 23.9 Å². The van der Waals surface area contributed by atoms with E-state index in [9.17, 15) is 14.4 Å². The fourth-order valence-electron chi connectivity index (χ4n) is 3.26. The number of carboxylic acids is 1. The number of hydrogen-bond donors (Lipinski definition) is 1. The van der Waals surface area contributed by atoms with E-state index in [-0.39, 0.29) is 23.7 Å². The summed E-state index contributed by atoms with van der Waals surface area (Å²) in [5, 5.41) is 8.99. The summed E-state index contributed by atoms with van der Waals surface area (Å²) in [6.45, 7) is 2.21. The van der Waals surface area contributed by atoms with Crippen molar-refractivity contribution >= 4 is 23.5 Å². The second kappa shape index (κ2) is 7.03. The molecule has 2 aromatic rings. The molecule has 3 rings (SSSR count). The number of hydrogen-bond acceptors (Lipinski definition) is 4. The van der Waals surface area contributed by atoms with E-state index >= 15 is 0 Å². The molecule has 26 heavy (non-hydrogen) atoms. The molecule has 0 aliphatic carbocycles. The predicted molar refractivity (Wildman–Crippen MR) is 94.1 cm³/mol. The standard InChI is InChI=1S/C19H20N2O5/c1-12-11-26-15(10-16(22)23)17(12)19(25)20(2)14-8-9-21(18(14)24)13-6-4-3-5-7-13/h3-7,11,14H,8-10H2,1-2H3,(H,22,23). The molecule has 0 saturated carbocycles. The monoisotopic (exact) mass is 356 g/mol. The Bertz CT molecular complexity index is 843. The molecule has 0 spiro atoms. The molecule has 1 unspecified atom stereocenters.